The van der Waals surface area contributed by atoms with Gasteiger partial charge >= 0.3 is 0 Å². The molecule has 2 aromatic heterocycles. The normalized spacial score (nSPS) is 13.0. The van der Waals surface area contributed by atoms with E-state index in [0.717, 1.165) is 0 Å². The molecule has 0 aliphatic heterocycles. The molecule has 4 rings (SSSR count). The van der Waals surface area contributed by atoms with Gasteiger partial charge < -0.3 is 9.97 Å². The molecule has 0 fully saturated rings. The van der Waals surface area contributed by atoms with Crippen molar-refractivity contribution in [3.05, 3.63) is 59.8 Å². The summed E-state index contributed by atoms with van der Waals surface area (Å²) in [5, 5.41) is 2.54. The number of para-hydroxylation sites is 1. The summed E-state index contributed by atoms with van der Waals surface area (Å²) in [5.41, 5.74) is 7.71. The van der Waals surface area contributed by atoms with Gasteiger partial charge in [0.05, 0.1) is 0 Å². The van der Waals surface area contributed by atoms with Crippen molar-refractivity contribution in [1.82, 2.24) is 9.97 Å². The molecule has 134 valence electrons. The highest BCUT2D eigenvalue weighted by Crippen LogP contribution is 2.34. The van der Waals surface area contributed by atoms with Gasteiger partial charge in [0.25, 0.3) is 0 Å². The Hall–Kier alpha value is -2.48. The summed E-state index contributed by atoms with van der Waals surface area (Å²) < 4.78 is 0. The molecule has 2 N–H and O–H groups in total. The second kappa shape index (κ2) is 5.51. The van der Waals surface area contributed by atoms with Crippen molar-refractivity contribution >= 4 is 21.8 Å². The summed E-state index contributed by atoms with van der Waals surface area (Å²) in [6.07, 6.45) is 0. The van der Waals surface area contributed by atoms with Crippen LogP contribution in [-0.2, 0) is 10.8 Å². The van der Waals surface area contributed by atoms with Gasteiger partial charge in [0.15, 0.2) is 0 Å². The zero-order valence-corrected chi connectivity index (χ0v) is 16.6. The van der Waals surface area contributed by atoms with Gasteiger partial charge in [-0.1, -0.05) is 71.9 Å². The first-order chi connectivity index (χ1) is 12.1. The van der Waals surface area contributed by atoms with E-state index >= 15 is 0 Å². The maximum absolute atomic E-state index is 3.67. The Balaban J connectivity index is 1.85. The Morgan fingerprint density at radius 1 is 0.692 bits per heavy atom. The van der Waals surface area contributed by atoms with E-state index in [0.29, 0.717) is 0 Å². The van der Waals surface area contributed by atoms with E-state index in [4.69, 9.17) is 0 Å². The third-order valence-electron chi connectivity index (χ3n) is 5.21. The highest BCUT2D eigenvalue weighted by atomic mass is 14.7. The molecule has 2 heterocycles. The van der Waals surface area contributed by atoms with Crippen LogP contribution in [0.15, 0.2) is 48.5 Å². The minimum absolute atomic E-state index is 0.118. The number of H-pyrrole nitrogens is 2. The predicted octanol–water partition coefficient (Wildman–Crippen LogP) is 6.91. The molecule has 2 aromatic carbocycles. The summed E-state index contributed by atoms with van der Waals surface area (Å²) in [6, 6.07) is 17.8. The van der Waals surface area contributed by atoms with Gasteiger partial charge in [0.2, 0.25) is 0 Å². The minimum atomic E-state index is 0.118. The second-order valence-corrected chi connectivity index (χ2v) is 9.44. The predicted molar refractivity (Wildman–Crippen MR) is 113 cm³/mol. The first-order valence-corrected chi connectivity index (χ1v) is 9.39. The minimum Gasteiger partial charge on any atom is -0.358 e. The molecule has 4 aromatic rings. The number of hydrogen-bond donors (Lipinski definition) is 2. The number of rotatable bonds is 1. The van der Waals surface area contributed by atoms with Gasteiger partial charge in [-0.05, 0) is 34.6 Å². The van der Waals surface area contributed by atoms with Crippen LogP contribution >= 0.6 is 0 Å². The highest BCUT2D eigenvalue weighted by Gasteiger charge is 2.19. The maximum atomic E-state index is 3.67. The topological polar surface area (TPSA) is 31.6 Å². The standard InChI is InChI=1S/C24H28N2/c1-23(2,3)18-9-7-8-17-13-20(26-22(17)18)15-10-11-16-14-21(24(4,5)6)25-19(16)12-15/h7-14,25-26H,1-6H3. The quantitative estimate of drug-likeness (QED) is 0.376. The van der Waals surface area contributed by atoms with Gasteiger partial charge in [-0.2, -0.15) is 0 Å². The lowest BCUT2D eigenvalue weighted by Gasteiger charge is -2.19. The zero-order chi connectivity index (χ0) is 18.7. The molecular weight excluding hydrogens is 316 g/mol. The van der Waals surface area contributed by atoms with Gasteiger partial charge in [-0.15, -0.1) is 0 Å². The number of nitrogens with one attached hydrogen (secondary N) is 2. The van der Waals surface area contributed by atoms with Crippen LogP contribution in [0.1, 0.15) is 52.8 Å². The number of aromatic amines is 2. The van der Waals surface area contributed by atoms with Crippen LogP contribution in [0.5, 0.6) is 0 Å². The summed E-state index contributed by atoms with van der Waals surface area (Å²) >= 11 is 0. The molecule has 0 aliphatic carbocycles. The fraction of sp³-hybridized carbons (Fsp3) is 0.333. The summed E-state index contributed by atoms with van der Waals surface area (Å²) in [6.45, 7) is 13.5. The molecule has 0 saturated carbocycles. The van der Waals surface area contributed by atoms with E-state index in [1.807, 2.05) is 0 Å². The Bertz CT molecular complexity index is 1090. The van der Waals surface area contributed by atoms with Gasteiger partial charge in [-0.25, -0.2) is 0 Å². The Labute approximate surface area is 155 Å². The Kier molecular flexibility index (Phi) is 3.59. The largest absolute Gasteiger partial charge is 0.358 e. The van der Waals surface area contributed by atoms with E-state index in [2.05, 4.69) is 100 Å². The molecule has 26 heavy (non-hydrogen) atoms. The monoisotopic (exact) mass is 344 g/mol. The molecule has 0 aliphatic rings. The van der Waals surface area contributed by atoms with Crippen LogP contribution in [-0.4, -0.2) is 9.97 Å². The van der Waals surface area contributed by atoms with Crippen LogP contribution in [0.4, 0.5) is 0 Å². The number of aromatic nitrogens is 2. The van der Waals surface area contributed by atoms with Crippen molar-refractivity contribution in [3.63, 3.8) is 0 Å². The van der Waals surface area contributed by atoms with E-state index in [1.54, 1.807) is 0 Å². The third-order valence-corrected chi connectivity index (χ3v) is 5.21. The van der Waals surface area contributed by atoms with Crippen LogP contribution < -0.4 is 0 Å². The third kappa shape index (κ3) is 2.84. The summed E-state index contributed by atoms with van der Waals surface area (Å²) in [7, 11) is 0. The van der Waals surface area contributed by atoms with Crippen LogP contribution in [0.2, 0.25) is 0 Å². The second-order valence-electron chi connectivity index (χ2n) is 9.44. The van der Waals surface area contributed by atoms with Crippen molar-refractivity contribution in [3.8, 4) is 11.3 Å². The van der Waals surface area contributed by atoms with Crippen LogP contribution in [0.3, 0.4) is 0 Å². The van der Waals surface area contributed by atoms with Crippen molar-refractivity contribution in [2.75, 3.05) is 0 Å². The highest BCUT2D eigenvalue weighted by molar-refractivity contribution is 5.91. The smallest absolute Gasteiger partial charge is 0.0496 e. The first kappa shape index (κ1) is 17.0. The molecule has 0 amide bonds. The molecule has 0 bridgehead atoms. The lowest BCUT2D eigenvalue weighted by Crippen LogP contribution is -2.11. The average molecular weight is 345 g/mol. The van der Waals surface area contributed by atoms with Crippen LogP contribution in [0, 0.1) is 0 Å². The number of fused-ring (bicyclic) bond motifs is 2. The SMILES string of the molecule is CC(C)(C)c1cc2ccc(-c3cc4cccc(C(C)(C)C)c4[nH]3)cc2[nH]1. The van der Waals surface area contributed by atoms with E-state index in [1.165, 1.54) is 44.3 Å². The molecule has 0 unspecified atom stereocenters. The lowest BCUT2D eigenvalue weighted by atomic mass is 9.86. The van der Waals surface area contributed by atoms with Crippen molar-refractivity contribution in [1.29, 1.82) is 0 Å². The fourth-order valence-corrected chi connectivity index (χ4v) is 3.64. The summed E-state index contributed by atoms with van der Waals surface area (Å²) in [5.74, 6) is 0. The molecule has 0 atom stereocenters. The molecule has 0 radical (unpaired) electrons. The van der Waals surface area contributed by atoms with Gasteiger partial charge in [0.1, 0.15) is 0 Å². The van der Waals surface area contributed by atoms with Crippen LogP contribution in [0.25, 0.3) is 33.1 Å². The average Bonchev–Trinajstić information content (AvgIpc) is 3.16. The molecule has 0 spiro atoms. The van der Waals surface area contributed by atoms with E-state index in [-0.39, 0.29) is 10.8 Å². The van der Waals surface area contributed by atoms with Crippen molar-refractivity contribution < 1.29 is 0 Å². The zero-order valence-electron chi connectivity index (χ0n) is 16.6. The molecule has 2 nitrogen and oxygen atoms in total. The van der Waals surface area contributed by atoms with E-state index < -0.39 is 0 Å². The number of hydrogen-bond acceptors (Lipinski definition) is 0. The number of benzene rings is 2. The van der Waals surface area contributed by atoms with Crippen molar-refractivity contribution in [2.45, 2.75) is 52.4 Å². The lowest BCUT2D eigenvalue weighted by molar-refractivity contribution is 0.574. The molecule has 0 saturated heterocycles. The first-order valence-electron chi connectivity index (χ1n) is 9.39. The molecular formula is C24H28N2. The Morgan fingerprint density at radius 2 is 1.46 bits per heavy atom. The molecule has 2 heteroatoms. The fourth-order valence-electron chi connectivity index (χ4n) is 3.64. The Morgan fingerprint density at radius 3 is 2.15 bits per heavy atom. The van der Waals surface area contributed by atoms with Gasteiger partial charge in [0, 0.05) is 38.8 Å². The maximum Gasteiger partial charge on any atom is 0.0496 e. The summed E-state index contributed by atoms with van der Waals surface area (Å²) in [4.78, 5) is 7.28. The van der Waals surface area contributed by atoms with E-state index in [9.17, 15) is 0 Å². The van der Waals surface area contributed by atoms with Crippen molar-refractivity contribution in [2.24, 2.45) is 0 Å². The van der Waals surface area contributed by atoms with Gasteiger partial charge in [-0.3, -0.25) is 0 Å².